The summed E-state index contributed by atoms with van der Waals surface area (Å²) in [6, 6.07) is 16.9. The fraction of sp³-hybridized carbons (Fsp3) is 0.200. The van der Waals surface area contributed by atoms with Crippen molar-refractivity contribution < 1.29 is 4.79 Å². The second-order valence-corrected chi connectivity index (χ2v) is 6.31. The molecule has 4 nitrogen and oxygen atoms in total. The predicted octanol–water partition coefficient (Wildman–Crippen LogP) is 4.60. The molecular weight excluding hydrogens is 334 g/mol. The molecule has 0 saturated carbocycles. The highest BCUT2D eigenvalue weighted by molar-refractivity contribution is 6.30. The van der Waals surface area contributed by atoms with Crippen LogP contribution in [0.4, 0.5) is 5.69 Å². The molecule has 5 heteroatoms. The van der Waals surface area contributed by atoms with E-state index in [9.17, 15) is 10.1 Å². The molecule has 0 aromatic heterocycles. The number of halogens is 1. The molecule has 2 aromatic carbocycles. The Hall–Kier alpha value is -2.77. The third-order valence-corrected chi connectivity index (χ3v) is 3.87. The molecule has 128 valence electrons. The van der Waals surface area contributed by atoms with Gasteiger partial charge in [-0.1, -0.05) is 55.8 Å². The highest BCUT2D eigenvalue weighted by Crippen LogP contribution is 2.24. The van der Waals surface area contributed by atoms with Crippen molar-refractivity contribution in [2.75, 3.05) is 5.32 Å². The van der Waals surface area contributed by atoms with Crippen molar-refractivity contribution in [3.8, 4) is 6.07 Å². The van der Waals surface area contributed by atoms with Crippen LogP contribution in [0.3, 0.4) is 0 Å². The van der Waals surface area contributed by atoms with Crippen molar-refractivity contribution in [3.05, 3.63) is 76.5 Å². The minimum Gasteiger partial charge on any atom is -0.386 e. The van der Waals surface area contributed by atoms with E-state index in [1.54, 1.807) is 6.07 Å². The van der Waals surface area contributed by atoms with Gasteiger partial charge in [0.1, 0.15) is 11.6 Å². The zero-order valence-electron chi connectivity index (χ0n) is 14.2. The van der Waals surface area contributed by atoms with Gasteiger partial charge in [0.05, 0.1) is 0 Å². The minimum atomic E-state index is -0.436. The number of carbonyl (C=O) groups is 1. The molecule has 0 aliphatic heterocycles. The first-order valence-electron chi connectivity index (χ1n) is 7.99. The fourth-order valence-corrected chi connectivity index (χ4v) is 2.58. The van der Waals surface area contributed by atoms with Gasteiger partial charge in [-0.05, 0) is 35.2 Å². The Bertz CT molecular complexity index is 822. The van der Waals surface area contributed by atoms with Gasteiger partial charge in [-0.2, -0.15) is 5.26 Å². The van der Waals surface area contributed by atoms with Crippen molar-refractivity contribution in [2.45, 2.75) is 26.3 Å². The smallest absolute Gasteiger partial charge is 0.267 e. The molecule has 2 N–H and O–H groups in total. The Morgan fingerprint density at radius 2 is 2.00 bits per heavy atom. The molecule has 0 radical (unpaired) electrons. The summed E-state index contributed by atoms with van der Waals surface area (Å²) in [4.78, 5) is 12.4. The van der Waals surface area contributed by atoms with Gasteiger partial charge in [0, 0.05) is 23.5 Å². The molecule has 25 heavy (non-hydrogen) atoms. The number of nitrogens with zero attached hydrogens (tertiary/aromatic N) is 1. The van der Waals surface area contributed by atoms with Gasteiger partial charge in [0.25, 0.3) is 5.91 Å². The molecule has 0 aliphatic carbocycles. The molecule has 0 aliphatic rings. The number of hydrogen-bond donors (Lipinski definition) is 2. The number of para-hydroxylation sites is 1. The lowest BCUT2D eigenvalue weighted by molar-refractivity contribution is -0.112. The average molecular weight is 354 g/mol. The van der Waals surface area contributed by atoms with Crippen LogP contribution in [-0.4, -0.2) is 5.91 Å². The van der Waals surface area contributed by atoms with Crippen LogP contribution in [0, 0.1) is 11.3 Å². The number of anilines is 1. The van der Waals surface area contributed by atoms with E-state index in [4.69, 9.17) is 11.6 Å². The maximum Gasteiger partial charge on any atom is 0.267 e. The second kappa shape index (κ2) is 8.91. The Morgan fingerprint density at radius 3 is 2.68 bits per heavy atom. The molecule has 0 unspecified atom stereocenters. The summed E-state index contributed by atoms with van der Waals surface area (Å²) in [6.07, 6.45) is 1.42. The summed E-state index contributed by atoms with van der Waals surface area (Å²) in [5.41, 5.74) is 2.73. The SMILES string of the molecule is CC(C)c1ccccc1NC(=O)/C(C#N)=C\NCc1cccc(Cl)c1. The van der Waals surface area contributed by atoms with Crippen LogP contribution in [0.15, 0.2) is 60.3 Å². The molecule has 2 aromatic rings. The topological polar surface area (TPSA) is 64.9 Å². The van der Waals surface area contributed by atoms with Crippen LogP contribution < -0.4 is 10.6 Å². The zero-order valence-corrected chi connectivity index (χ0v) is 15.0. The van der Waals surface area contributed by atoms with E-state index >= 15 is 0 Å². The van der Waals surface area contributed by atoms with Gasteiger partial charge in [-0.25, -0.2) is 0 Å². The number of nitrogens with one attached hydrogen (secondary N) is 2. The van der Waals surface area contributed by atoms with Crippen LogP contribution in [0.2, 0.25) is 5.02 Å². The van der Waals surface area contributed by atoms with Crippen LogP contribution in [0.1, 0.15) is 30.9 Å². The number of benzene rings is 2. The van der Waals surface area contributed by atoms with Crippen molar-refractivity contribution in [3.63, 3.8) is 0 Å². The molecule has 0 saturated heterocycles. The number of amides is 1. The molecule has 0 heterocycles. The average Bonchev–Trinajstić information content (AvgIpc) is 2.59. The monoisotopic (exact) mass is 353 g/mol. The number of rotatable bonds is 6. The van der Waals surface area contributed by atoms with Gasteiger partial charge in [-0.15, -0.1) is 0 Å². The van der Waals surface area contributed by atoms with Crippen molar-refractivity contribution in [1.29, 1.82) is 5.26 Å². The lowest BCUT2D eigenvalue weighted by atomic mass is 10.0. The largest absolute Gasteiger partial charge is 0.386 e. The van der Waals surface area contributed by atoms with E-state index in [1.807, 2.05) is 48.5 Å². The third-order valence-electron chi connectivity index (χ3n) is 3.64. The Morgan fingerprint density at radius 1 is 1.24 bits per heavy atom. The van der Waals surface area contributed by atoms with E-state index in [2.05, 4.69) is 24.5 Å². The quantitative estimate of drug-likeness (QED) is 0.589. The maximum absolute atomic E-state index is 12.4. The van der Waals surface area contributed by atoms with Gasteiger partial charge >= 0.3 is 0 Å². The lowest BCUT2D eigenvalue weighted by Gasteiger charge is -2.13. The van der Waals surface area contributed by atoms with Crippen LogP contribution in [0.25, 0.3) is 0 Å². The molecular formula is C20H20ClN3O. The van der Waals surface area contributed by atoms with Gasteiger partial charge in [0.15, 0.2) is 0 Å². The van der Waals surface area contributed by atoms with Crippen LogP contribution in [-0.2, 0) is 11.3 Å². The normalized spacial score (nSPS) is 11.1. The van der Waals surface area contributed by atoms with Crippen LogP contribution in [0.5, 0.6) is 0 Å². The second-order valence-electron chi connectivity index (χ2n) is 5.88. The summed E-state index contributed by atoms with van der Waals surface area (Å²) in [6.45, 7) is 4.58. The summed E-state index contributed by atoms with van der Waals surface area (Å²) in [5.74, 6) is -0.166. The van der Waals surface area contributed by atoms with E-state index in [0.29, 0.717) is 11.6 Å². The van der Waals surface area contributed by atoms with E-state index in [1.165, 1.54) is 6.20 Å². The fourth-order valence-electron chi connectivity index (χ4n) is 2.37. The highest BCUT2D eigenvalue weighted by Gasteiger charge is 2.12. The zero-order chi connectivity index (χ0) is 18.2. The molecule has 1 amide bonds. The molecule has 0 spiro atoms. The first-order valence-corrected chi connectivity index (χ1v) is 8.37. The number of carbonyl (C=O) groups excluding carboxylic acids is 1. The predicted molar refractivity (Wildman–Crippen MR) is 101 cm³/mol. The van der Waals surface area contributed by atoms with Crippen molar-refractivity contribution in [2.24, 2.45) is 0 Å². The Balaban J connectivity index is 2.05. The maximum atomic E-state index is 12.4. The lowest BCUT2D eigenvalue weighted by Crippen LogP contribution is -2.17. The van der Waals surface area contributed by atoms with Gasteiger partial charge < -0.3 is 10.6 Å². The first kappa shape index (κ1) is 18.6. The summed E-state index contributed by atoms with van der Waals surface area (Å²) >= 11 is 5.93. The summed E-state index contributed by atoms with van der Waals surface area (Å²) in [5, 5.41) is 15.7. The standard InChI is InChI=1S/C20H20ClN3O/c1-14(2)18-8-3-4-9-19(18)24-20(25)16(11-22)13-23-12-15-6-5-7-17(21)10-15/h3-10,13-14,23H,12H2,1-2H3,(H,24,25)/b16-13-. The highest BCUT2D eigenvalue weighted by atomic mass is 35.5. The summed E-state index contributed by atoms with van der Waals surface area (Å²) in [7, 11) is 0. The molecule has 0 fully saturated rings. The number of hydrogen-bond acceptors (Lipinski definition) is 3. The Kier molecular flexibility index (Phi) is 6.62. The van der Waals surface area contributed by atoms with E-state index < -0.39 is 5.91 Å². The van der Waals surface area contributed by atoms with Gasteiger partial charge in [0.2, 0.25) is 0 Å². The Labute approximate surface area is 153 Å². The van der Waals surface area contributed by atoms with Crippen molar-refractivity contribution in [1.82, 2.24) is 5.32 Å². The van der Waals surface area contributed by atoms with E-state index in [-0.39, 0.29) is 11.5 Å². The molecule has 2 rings (SSSR count). The molecule has 0 bridgehead atoms. The number of nitriles is 1. The first-order chi connectivity index (χ1) is 12.0. The summed E-state index contributed by atoms with van der Waals surface area (Å²) < 4.78 is 0. The van der Waals surface area contributed by atoms with E-state index in [0.717, 1.165) is 16.8 Å². The molecule has 0 atom stereocenters. The van der Waals surface area contributed by atoms with Gasteiger partial charge in [-0.3, -0.25) is 4.79 Å². The minimum absolute atomic E-state index is 0.0144. The van der Waals surface area contributed by atoms with Crippen LogP contribution >= 0.6 is 11.6 Å². The third kappa shape index (κ3) is 5.37. The van der Waals surface area contributed by atoms with Crippen molar-refractivity contribution >= 4 is 23.2 Å².